The first-order valence-electron chi connectivity index (χ1n) is 8.71. The molecular formula is C19H27NO3. The average molecular weight is 317 g/mol. The molecule has 2 saturated carbocycles. The Hall–Kier alpha value is -1.39. The number of ether oxygens (including phenoxy) is 1. The van der Waals surface area contributed by atoms with E-state index in [1.165, 1.54) is 26.4 Å². The molecule has 1 aromatic rings. The van der Waals surface area contributed by atoms with Gasteiger partial charge in [-0.2, -0.15) is 0 Å². The molecule has 0 saturated heterocycles. The lowest BCUT2D eigenvalue weighted by Crippen LogP contribution is -2.47. The summed E-state index contributed by atoms with van der Waals surface area (Å²) in [5.74, 6) is 1.63. The first kappa shape index (κ1) is 16.5. The van der Waals surface area contributed by atoms with Crippen molar-refractivity contribution in [3.8, 4) is 0 Å². The Morgan fingerprint density at radius 3 is 2.43 bits per heavy atom. The molecule has 2 N–H and O–H groups in total. The molecule has 4 nitrogen and oxygen atoms in total. The Balaban J connectivity index is 1.75. The monoisotopic (exact) mass is 317 g/mol. The second kappa shape index (κ2) is 7.45. The normalized spacial score (nSPS) is 29.0. The van der Waals surface area contributed by atoms with Crippen LogP contribution in [0.15, 0.2) is 30.3 Å². The molecule has 4 atom stereocenters. The zero-order chi connectivity index (χ0) is 16.2. The minimum Gasteiger partial charge on any atom is -0.468 e. The van der Waals surface area contributed by atoms with Gasteiger partial charge in [0, 0.05) is 0 Å². The summed E-state index contributed by atoms with van der Waals surface area (Å²) < 4.78 is 5.05. The maximum atomic E-state index is 12.4. The molecule has 2 fully saturated rings. The van der Waals surface area contributed by atoms with E-state index in [1.807, 2.05) is 30.3 Å². The van der Waals surface area contributed by atoms with Crippen molar-refractivity contribution in [1.82, 2.24) is 5.32 Å². The van der Waals surface area contributed by atoms with Gasteiger partial charge < -0.3 is 9.84 Å². The van der Waals surface area contributed by atoms with Crippen LogP contribution in [0, 0.1) is 17.8 Å². The van der Waals surface area contributed by atoms with Crippen LogP contribution < -0.4 is 5.32 Å². The van der Waals surface area contributed by atoms with Crippen LogP contribution in [0.2, 0.25) is 0 Å². The van der Waals surface area contributed by atoms with E-state index in [0.29, 0.717) is 5.92 Å². The number of aliphatic hydroxyl groups excluding tert-OH is 1. The molecule has 23 heavy (non-hydrogen) atoms. The third-order valence-corrected chi connectivity index (χ3v) is 5.61. The number of benzene rings is 1. The first-order valence-corrected chi connectivity index (χ1v) is 8.71. The van der Waals surface area contributed by atoms with Gasteiger partial charge in [0.05, 0.1) is 19.8 Å². The zero-order valence-corrected chi connectivity index (χ0v) is 13.8. The van der Waals surface area contributed by atoms with E-state index in [2.05, 4.69) is 5.32 Å². The summed E-state index contributed by atoms with van der Waals surface area (Å²) in [5.41, 5.74) is 1.00. The van der Waals surface area contributed by atoms with Gasteiger partial charge in [0.1, 0.15) is 6.04 Å². The van der Waals surface area contributed by atoms with Gasteiger partial charge in [-0.1, -0.05) is 43.2 Å². The molecule has 0 heterocycles. The second-order valence-corrected chi connectivity index (χ2v) is 7.09. The molecule has 2 unspecified atom stereocenters. The maximum Gasteiger partial charge on any atom is 0.323 e. The smallest absolute Gasteiger partial charge is 0.323 e. The molecule has 0 aromatic heterocycles. The van der Waals surface area contributed by atoms with Crippen LogP contribution in [0.5, 0.6) is 0 Å². The van der Waals surface area contributed by atoms with Gasteiger partial charge in [0.2, 0.25) is 0 Å². The van der Waals surface area contributed by atoms with Crippen molar-refractivity contribution in [2.24, 2.45) is 17.8 Å². The molecule has 1 aromatic carbocycles. The number of aliphatic hydroxyl groups is 1. The van der Waals surface area contributed by atoms with Gasteiger partial charge in [-0.15, -0.1) is 0 Å². The highest BCUT2D eigenvalue weighted by atomic mass is 16.5. The van der Waals surface area contributed by atoms with Gasteiger partial charge in [-0.05, 0) is 42.6 Å². The van der Waals surface area contributed by atoms with Crippen LogP contribution >= 0.6 is 0 Å². The highest BCUT2D eigenvalue weighted by Crippen LogP contribution is 2.45. The van der Waals surface area contributed by atoms with E-state index < -0.39 is 0 Å². The van der Waals surface area contributed by atoms with Crippen molar-refractivity contribution in [2.45, 2.75) is 44.2 Å². The molecular weight excluding hydrogens is 290 g/mol. The lowest BCUT2D eigenvalue weighted by Gasteiger charge is -2.34. The van der Waals surface area contributed by atoms with Crippen molar-refractivity contribution in [3.63, 3.8) is 0 Å². The first-order chi connectivity index (χ1) is 11.2. The Labute approximate surface area is 138 Å². The highest BCUT2D eigenvalue weighted by molar-refractivity contribution is 5.76. The number of carbonyl (C=O) groups excluding carboxylic acids is 1. The number of hydrogen-bond donors (Lipinski definition) is 2. The molecule has 2 aliphatic rings. The number of nitrogens with one attached hydrogen (secondary N) is 1. The van der Waals surface area contributed by atoms with Crippen molar-refractivity contribution in [2.75, 3.05) is 13.7 Å². The quantitative estimate of drug-likeness (QED) is 0.792. The van der Waals surface area contributed by atoms with Crippen LogP contribution in [-0.4, -0.2) is 30.8 Å². The van der Waals surface area contributed by atoms with Gasteiger partial charge in [-0.3, -0.25) is 10.1 Å². The van der Waals surface area contributed by atoms with Crippen LogP contribution in [-0.2, 0) is 9.53 Å². The van der Waals surface area contributed by atoms with E-state index in [4.69, 9.17) is 4.74 Å². The third-order valence-electron chi connectivity index (χ3n) is 5.61. The minimum absolute atomic E-state index is 0.0307. The molecule has 0 spiro atoms. The standard InChI is InChI=1S/C19H27NO3/c1-23-19(22)18(16-10-13-7-8-14(9-13)11-16)20-17(12-21)15-5-3-2-4-6-15/h2-6,13-14,16-18,20-21H,7-12H2,1H3/t13?,14?,16?,17-,18-/m0/s1. The van der Waals surface area contributed by atoms with Crippen LogP contribution in [0.1, 0.15) is 43.7 Å². The van der Waals surface area contributed by atoms with Gasteiger partial charge in [-0.25, -0.2) is 0 Å². The van der Waals surface area contributed by atoms with Crippen molar-refractivity contribution < 1.29 is 14.6 Å². The largest absolute Gasteiger partial charge is 0.468 e. The van der Waals surface area contributed by atoms with E-state index in [1.54, 1.807) is 0 Å². The SMILES string of the molecule is COC(=O)[C@@H](N[C@@H](CO)c1ccccc1)C1CC2CCC(C2)C1. The Morgan fingerprint density at radius 2 is 1.87 bits per heavy atom. The van der Waals surface area contributed by atoms with E-state index in [9.17, 15) is 9.90 Å². The van der Waals surface area contributed by atoms with Crippen LogP contribution in [0.3, 0.4) is 0 Å². The van der Waals surface area contributed by atoms with Gasteiger partial charge in [0.25, 0.3) is 0 Å². The number of rotatable bonds is 6. The van der Waals surface area contributed by atoms with E-state index in [0.717, 1.165) is 30.2 Å². The Bertz CT molecular complexity index is 507. The molecule has 0 amide bonds. The lowest BCUT2D eigenvalue weighted by atomic mass is 9.77. The molecule has 3 rings (SSSR count). The zero-order valence-electron chi connectivity index (χ0n) is 13.8. The topological polar surface area (TPSA) is 58.6 Å². The van der Waals surface area contributed by atoms with E-state index >= 15 is 0 Å². The van der Waals surface area contributed by atoms with Gasteiger partial charge >= 0.3 is 5.97 Å². The summed E-state index contributed by atoms with van der Waals surface area (Å²) in [6.07, 6.45) is 6.12. The third kappa shape index (κ3) is 3.75. The number of methoxy groups -OCH3 is 1. The summed E-state index contributed by atoms with van der Waals surface area (Å²) in [6, 6.07) is 9.25. The average Bonchev–Trinajstić information content (AvgIpc) is 2.94. The molecule has 0 radical (unpaired) electrons. The summed E-state index contributed by atoms with van der Waals surface area (Å²) in [5, 5.41) is 13.2. The predicted molar refractivity (Wildman–Crippen MR) is 88.8 cm³/mol. The number of hydrogen-bond acceptors (Lipinski definition) is 4. The van der Waals surface area contributed by atoms with Crippen LogP contribution in [0.4, 0.5) is 0 Å². The molecule has 2 bridgehead atoms. The lowest BCUT2D eigenvalue weighted by molar-refractivity contribution is -0.145. The summed E-state index contributed by atoms with van der Waals surface area (Å²) in [7, 11) is 1.45. The molecule has 126 valence electrons. The minimum atomic E-state index is -0.333. The maximum absolute atomic E-state index is 12.4. The summed E-state index contributed by atoms with van der Waals surface area (Å²) >= 11 is 0. The number of esters is 1. The fourth-order valence-corrected chi connectivity index (χ4v) is 4.51. The number of carbonyl (C=O) groups is 1. The molecule has 0 aliphatic heterocycles. The van der Waals surface area contributed by atoms with Crippen molar-refractivity contribution in [1.29, 1.82) is 0 Å². The molecule has 2 aliphatic carbocycles. The van der Waals surface area contributed by atoms with Crippen LogP contribution in [0.25, 0.3) is 0 Å². The van der Waals surface area contributed by atoms with Crippen molar-refractivity contribution >= 4 is 5.97 Å². The predicted octanol–water partition coefficient (Wildman–Crippen LogP) is 2.68. The fourth-order valence-electron chi connectivity index (χ4n) is 4.51. The van der Waals surface area contributed by atoms with E-state index in [-0.39, 0.29) is 24.7 Å². The second-order valence-electron chi connectivity index (χ2n) is 7.09. The molecule has 4 heteroatoms. The van der Waals surface area contributed by atoms with Gasteiger partial charge in [0.15, 0.2) is 0 Å². The fraction of sp³-hybridized carbons (Fsp3) is 0.632. The number of fused-ring (bicyclic) bond motifs is 2. The summed E-state index contributed by atoms with van der Waals surface area (Å²) in [4.78, 5) is 12.4. The summed E-state index contributed by atoms with van der Waals surface area (Å²) in [6.45, 7) is -0.0307. The Morgan fingerprint density at radius 1 is 1.22 bits per heavy atom. The van der Waals surface area contributed by atoms with Crippen molar-refractivity contribution in [3.05, 3.63) is 35.9 Å². The highest BCUT2D eigenvalue weighted by Gasteiger charge is 2.40. The Kier molecular flexibility index (Phi) is 5.34.